The standard InChI is InChI=1S/C51H32N4OS/c1-3-13-31(14-4-1)49-52-50(32-15-5-2-6-16-32)54-51(53-49)34-26-28-44-40(29-34)38-27-25-33(30-45(38)56-44)35-19-11-20-39-47-43(23-12-24-46(47)57-48(35)39)55-41-21-9-7-17-36(41)37-18-8-10-22-42(37)55/h1-22,24-30,43H,23H2. The first-order valence-electron chi connectivity index (χ1n) is 19.3. The predicted molar refractivity (Wildman–Crippen MR) is 235 cm³/mol. The highest BCUT2D eigenvalue weighted by Crippen LogP contribution is 2.48. The molecule has 4 heterocycles. The summed E-state index contributed by atoms with van der Waals surface area (Å²) in [6.07, 6.45) is 5.62. The van der Waals surface area contributed by atoms with Crippen LogP contribution in [0.3, 0.4) is 0 Å². The lowest BCUT2D eigenvalue weighted by atomic mass is 9.93. The van der Waals surface area contributed by atoms with Crippen molar-refractivity contribution in [1.29, 1.82) is 0 Å². The van der Waals surface area contributed by atoms with Crippen molar-refractivity contribution in [3.63, 3.8) is 0 Å². The van der Waals surface area contributed by atoms with Crippen molar-refractivity contribution in [3.05, 3.63) is 180 Å². The Labute approximate surface area is 331 Å². The van der Waals surface area contributed by atoms with Crippen LogP contribution in [0, 0.1) is 0 Å². The third-order valence-corrected chi connectivity index (χ3v) is 12.6. The van der Waals surface area contributed by atoms with Gasteiger partial charge in [0.25, 0.3) is 0 Å². The van der Waals surface area contributed by atoms with E-state index in [1.54, 1.807) is 0 Å². The van der Waals surface area contributed by atoms with Gasteiger partial charge in [0.1, 0.15) is 11.2 Å². The van der Waals surface area contributed by atoms with Gasteiger partial charge in [-0.1, -0.05) is 127 Å². The van der Waals surface area contributed by atoms with Crippen LogP contribution in [-0.2, 0) is 0 Å². The quantitative estimate of drug-likeness (QED) is 0.176. The molecule has 0 amide bonds. The number of aromatic nitrogens is 4. The number of fused-ring (bicyclic) bond motifs is 9. The van der Waals surface area contributed by atoms with Crippen molar-refractivity contribution in [2.24, 2.45) is 0 Å². The third kappa shape index (κ3) is 5.11. The molecule has 1 aliphatic rings. The second-order valence-electron chi connectivity index (χ2n) is 14.7. The molecule has 0 spiro atoms. The SMILES string of the molecule is C1=Cc2sc3c(-c4ccc5c(c4)oc4ccc(-c6nc(-c7ccccc7)nc(-c7ccccc7)n6)cc45)cccc3c2C(n2c3ccccc3c3ccccc32)C1. The van der Waals surface area contributed by atoms with E-state index in [4.69, 9.17) is 19.4 Å². The average molecular weight is 749 g/mol. The second-order valence-corrected chi connectivity index (χ2v) is 15.7. The molecule has 0 N–H and O–H groups in total. The van der Waals surface area contributed by atoms with E-state index in [1.165, 1.54) is 47.9 Å². The second kappa shape index (κ2) is 12.7. The summed E-state index contributed by atoms with van der Waals surface area (Å²) in [5, 5.41) is 6.01. The van der Waals surface area contributed by atoms with Gasteiger partial charge in [0, 0.05) is 64.4 Å². The zero-order valence-corrected chi connectivity index (χ0v) is 31.4. The zero-order valence-electron chi connectivity index (χ0n) is 30.6. The Balaban J connectivity index is 0.964. The molecule has 7 aromatic carbocycles. The number of hydrogen-bond donors (Lipinski definition) is 0. The molecular weight excluding hydrogens is 717 g/mol. The van der Waals surface area contributed by atoms with Crippen molar-refractivity contribution in [2.45, 2.75) is 12.5 Å². The Morgan fingerprint density at radius 2 is 1.11 bits per heavy atom. The molecule has 0 saturated carbocycles. The predicted octanol–water partition coefficient (Wildman–Crippen LogP) is 13.8. The highest BCUT2D eigenvalue weighted by molar-refractivity contribution is 7.20. The van der Waals surface area contributed by atoms with Crippen molar-refractivity contribution >= 4 is 71.2 Å². The number of furan rings is 1. The van der Waals surface area contributed by atoms with E-state index in [0.29, 0.717) is 17.5 Å². The molecule has 0 aliphatic heterocycles. The minimum Gasteiger partial charge on any atom is -0.456 e. The van der Waals surface area contributed by atoms with Crippen LogP contribution in [0.1, 0.15) is 22.9 Å². The number of allylic oxidation sites excluding steroid dienone is 1. The van der Waals surface area contributed by atoms with Gasteiger partial charge in [-0.3, -0.25) is 0 Å². The van der Waals surface area contributed by atoms with Gasteiger partial charge < -0.3 is 8.98 Å². The summed E-state index contributed by atoms with van der Waals surface area (Å²) >= 11 is 1.89. The molecule has 0 bridgehead atoms. The first-order valence-corrected chi connectivity index (χ1v) is 20.1. The smallest absolute Gasteiger partial charge is 0.164 e. The highest BCUT2D eigenvalue weighted by atomic mass is 32.1. The molecule has 0 fully saturated rings. The van der Waals surface area contributed by atoms with Crippen molar-refractivity contribution < 1.29 is 4.42 Å². The summed E-state index contributed by atoms with van der Waals surface area (Å²) in [7, 11) is 0. The molecule has 1 atom stereocenters. The van der Waals surface area contributed by atoms with Crippen molar-refractivity contribution in [2.75, 3.05) is 0 Å². The monoisotopic (exact) mass is 748 g/mol. The molecule has 57 heavy (non-hydrogen) atoms. The molecule has 11 aromatic rings. The van der Waals surface area contributed by atoms with E-state index in [-0.39, 0.29) is 6.04 Å². The maximum atomic E-state index is 6.57. The Hall–Kier alpha value is -7.15. The molecular formula is C51H32N4OS. The highest BCUT2D eigenvalue weighted by Gasteiger charge is 2.28. The molecule has 5 nitrogen and oxygen atoms in total. The Kier molecular flexibility index (Phi) is 7.16. The molecule has 268 valence electrons. The molecule has 6 heteroatoms. The fourth-order valence-corrected chi connectivity index (χ4v) is 10.1. The zero-order chi connectivity index (χ0) is 37.5. The summed E-state index contributed by atoms with van der Waals surface area (Å²) in [6.45, 7) is 0. The lowest BCUT2D eigenvalue weighted by molar-refractivity contribution is 0.632. The fraction of sp³-hybridized carbons (Fsp3) is 0.0392. The lowest BCUT2D eigenvalue weighted by Crippen LogP contribution is -2.12. The average Bonchev–Trinajstić information content (AvgIpc) is 3.96. The molecule has 0 radical (unpaired) electrons. The normalized spacial score (nSPS) is 14.0. The largest absolute Gasteiger partial charge is 0.456 e. The van der Waals surface area contributed by atoms with Crippen LogP contribution < -0.4 is 0 Å². The van der Waals surface area contributed by atoms with E-state index in [1.807, 2.05) is 84.1 Å². The Bertz CT molecular complexity index is 3280. The van der Waals surface area contributed by atoms with E-state index >= 15 is 0 Å². The van der Waals surface area contributed by atoms with Crippen LogP contribution in [0.4, 0.5) is 0 Å². The van der Waals surface area contributed by atoms with Gasteiger partial charge in [0.05, 0.1) is 6.04 Å². The number of thiophene rings is 1. The van der Waals surface area contributed by atoms with E-state index in [0.717, 1.165) is 50.6 Å². The van der Waals surface area contributed by atoms with Crippen LogP contribution >= 0.6 is 11.3 Å². The van der Waals surface area contributed by atoms with Gasteiger partial charge in [-0.25, -0.2) is 15.0 Å². The van der Waals surface area contributed by atoms with Gasteiger partial charge in [0.15, 0.2) is 17.5 Å². The third-order valence-electron chi connectivity index (χ3n) is 11.4. The van der Waals surface area contributed by atoms with Crippen LogP contribution in [-0.4, -0.2) is 19.5 Å². The molecule has 1 aliphatic carbocycles. The summed E-state index contributed by atoms with van der Waals surface area (Å²) < 4.78 is 10.4. The molecule has 12 rings (SSSR count). The van der Waals surface area contributed by atoms with Crippen LogP contribution in [0.15, 0.2) is 174 Å². The van der Waals surface area contributed by atoms with Gasteiger partial charge in [-0.15, -0.1) is 11.3 Å². The minimum absolute atomic E-state index is 0.197. The maximum absolute atomic E-state index is 6.57. The number of benzene rings is 7. The van der Waals surface area contributed by atoms with Gasteiger partial charge >= 0.3 is 0 Å². The number of nitrogens with zero attached hydrogens (tertiary/aromatic N) is 4. The van der Waals surface area contributed by atoms with E-state index in [9.17, 15) is 0 Å². The molecule has 1 unspecified atom stereocenters. The summed E-state index contributed by atoms with van der Waals surface area (Å²) in [5.74, 6) is 1.90. The van der Waals surface area contributed by atoms with Crippen LogP contribution in [0.25, 0.3) is 105 Å². The van der Waals surface area contributed by atoms with Gasteiger partial charge in [0.2, 0.25) is 0 Å². The fourth-order valence-electron chi connectivity index (χ4n) is 8.82. The Morgan fingerprint density at radius 3 is 1.81 bits per heavy atom. The lowest BCUT2D eigenvalue weighted by Gasteiger charge is -2.24. The number of hydrogen-bond acceptors (Lipinski definition) is 5. The van der Waals surface area contributed by atoms with E-state index in [2.05, 4.69) is 108 Å². The van der Waals surface area contributed by atoms with Crippen LogP contribution in [0.2, 0.25) is 0 Å². The van der Waals surface area contributed by atoms with Crippen molar-refractivity contribution in [3.8, 4) is 45.3 Å². The molecule has 0 saturated heterocycles. The van der Waals surface area contributed by atoms with E-state index < -0.39 is 0 Å². The topological polar surface area (TPSA) is 56.7 Å². The molecule has 4 aromatic heterocycles. The van der Waals surface area contributed by atoms with Crippen LogP contribution in [0.5, 0.6) is 0 Å². The summed E-state index contributed by atoms with van der Waals surface area (Å²) in [4.78, 5) is 16.2. The first kappa shape index (κ1) is 32.1. The first-order chi connectivity index (χ1) is 28.2. The maximum Gasteiger partial charge on any atom is 0.164 e. The Morgan fingerprint density at radius 1 is 0.491 bits per heavy atom. The number of para-hydroxylation sites is 2. The van der Waals surface area contributed by atoms with Gasteiger partial charge in [-0.2, -0.15) is 0 Å². The minimum atomic E-state index is 0.197. The number of rotatable bonds is 5. The van der Waals surface area contributed by atoms with Crippen molar-refractivity contribution in [1.82, 2.24) is 19.5 Å². The summed E-state index contributed by atoms with van der Waals surface area (Å²) in [6, 6.07) is 57.7. The summed E-state index contributed by atoms with van der Waals surface area (Å²) in [5.41, 5.74) is 10.8. The van der Waals surface area contributed by atoms with Gasteiger partial charge in [-0.05, 0) is 71.5 Å².